The highest BCUT2D eigenvalue weighted by Gasteiger charge is 2.34. The number of anilines is 1. The fraction of sp³-hybridized carbons (Fsp3) is 0.375. The van der Waals surface area contributed by atoms with Gasteiger partial charge < -0.3 is 10.2 Å². The second-order valence-corrected chi connectivity index (χ2v) is 13.5. The fourth-order valence-electron chi connectivity index (χ4n) is 5.27. The minimum absolute atomic E-state index is 0.0176. The molecule has 0 aliphatic heterocycles. The first-order chi connectivity index (χ1) is 20.5. The summed E-state index contributed by atoms with van der Waals surface area (Å²) in [6.45, 7) is 2.96. The maximum Gasteiger partial charge on any atom is 0.264 e. The number of benzene rings is 3. The topological polar surface area (TPSA) is 86.8 Å². The van der Waals surface area contributed by atoms with Gasteiger partial charge in [-0.15, -0.1) is 0 Å². The van der Waals surface area contributed by atoms with E-state index >= 15 is 0 Å². The number of nitrogens with one attached hydrogen (secondary N) is 1. The molecule has 0 bridgehead atoms. The average molecular weight is 649 g/mol. The normalized spacial score (nSPS) is 14.6. The number of aryl methyl sites for hydroxylation is 1. The third-order valence-electron chi connectivity index (χ3n) is 7.70. The van der Waals surface area contributed by atoms with Crippen LogP contribution >= 0.6 is 23.2 Å². The molecule has 0 spiro atoms. The fourth-order valence-corrected chi connectivity index (χ4v) is 7.15. The van der Waals surface area contributed by atoms with Crippen LogP contribution in [0, 0.1) is 12.7 Å². The molecule has 0 radical (unpaired) electrons. The lowest BCUT2D eigenvalue weighted by atomic mass is 9.95. The lowest BCUT2D eigenvalue weighted by molar-refractivity contribution is -0.140. The third-order valence-corrected chi connectivity index (χ3v) is 10.1. The van der Waals surface area contributed by atoms with Crippen LogP contribution in [-0.2, 0) is 26.2 Å². The molecule has 1 fully saturated rings. The molecule has 1 N–H and O–H groups in total. The van der Waals surface area contributed by atoms with Crippen LogP contribution in [0.5, 0.6) is 0 Å². The van der Waals surface area contributed by atoms with Gasteiger partial charge in [-0.2, -0.15) is 0 Å². The molecule has 230 valence electrons. The van der Waals surface area contributed by atoms with E-state index in [0.717, 1.165) is 54.1 Å². The van der Waals surface area contributed by atoms with Crippen LogP contribution in [0.1, 0.15) is 56.6 Å². The standard InChI is InChI=1S/C32H36Cl2FN3O4S/c1-3-30(32(40)36-26-7-5-4-6-8-26)37(20-23-11-12-24(33)19-29(23)34)31(39)21-38(27-15-13-25(35)14-16-27)43(41,42)28-17-9-22(2)10-18-28/h9-19,26,30H,3-8,20-21H2,1-2H3,(H,36,40)/t30-/m1/s1. The molecule has 1 aliphatic rings. The number of carbonyl (C=O) groups is 2. The number of rotatable bonds is 11. The lowest BCUT2D eigenvalue weighted by Gasteiger charge is -2.34. The summed E-state index contributed by atoms with van der Waals surface area (Å²) in [4.78, 5) is 29.2. The predicted molar refractivity (Wildman–Crippen MR) is 168 cm³/mol. The Bertz CT molecular complexity index is 1530. The van der Waals surface area contributed by atoms with E-state index in [1.54, 1.807) is 37.3 Å². The van der Waals surface area contributed by atoms with Crippen LogP contribution in [0.2, 0.25) is 10.0 Å². The third kappa shape index (κ3) is 8.28. The van der Waals surface area contributed by atoms with Crippen LogP contribution in [-0.4, -0.2) is 43.8 Å². The molecular weight excluding hydrogens is 612 g/mol. The second kappa shape index (κ2) is 14.6. The van der Waals surface area contributed by atoms with Crippen LogP contribution in [0.4, 0.5) is 10.1 Å². The molecule has 2 amide bonds. The first-order valence-corrected chi connectivity index (χ1v) is 16.6. The van der Waals surface area contributed by atoms with Crippen LogP contribution in [0.15, 0.2) is 71.6 Å². The number of sulfonamides is 1. The van der Waals surface area contributed by atoms with Crippen LogP contribution in [0.3, 0.4) is 0 Å². The molecule has 1 atom stereocenters. The number of carbonyl (C=O) groups excluding carboxylic acids is 2. The van der Waals surface area contributed by atoms with Crippen molar-refractivity contribution in [2.75, 3.05) is 10.8 Å². The summed E-state index contributed by atoms with van der Waals surface area (Å²) < 4.78 is 42.6. The summed E-state index contributed by atoms with van der Waals surface area (Å²) in [7, 11) is -4.25. The lowest BCUT2D eigenvalue weighted by Crippen LogP contribution is -2.54. The summed E-state index contributed by atoms with van der Waals surface area (Å²) in [6.07, 6.45) is 5.19. The van der Waals surface area contributed by atoms with Gasteiger partial charge in [-0.3, -0.25) is 13.9 Å². The summed E-state index contributed by atoms with van der Waals surface area (Å²) in [5, 5.41) is 3.84. The SMILES string of the molecule is CC[C@H](C(=O)NC1CCCCC1)N(Cc1ccc(Cl)cc1Cl)C(=O)CN(c1ccc(F)cc1)S(=O)(=O)c1ccc(C)cc1. The molecule has 43 heavy (non-hydrogen) atoms. The van der Waals surface area contributed by atoms with Gasteiger partial charge in [0, 0.05) is 22.6 Å². The zero-order valence-corrected chi connectivity index (χ0v) is 26.6. The van der Waals surface area contributed by atoms with E-state index in [-0.39, 0.29) is 35.5 Å². The summed E-state index contributed by atoms with van der Waals surface area (Å²) in [5.74, 6) is -1.47. The second-order valence-electron chi connectivity index (χ2n) is 10.8. The van der Waals surface area contributed by atoms with Crippen LogP contribution < -0.4 is 9.62 Å². The Labute approximate surface area is 263 Å². The van der Waals surface area contributed by atoms with Crippen molar-refractivity contribution in [1.29, 1.82) is 0 Å². The van der Waals surface area contributed by atoms with E-state index in [4.69, 9.17) is 23.2 Å². The molecule has 0 aromatic heterocycles. The van der Waals surface area contributed by atoms with Gasteiger partial charge in [-0.05, 0) is 80.3 Å². The first kappa shape index (κ1) is 32.8. The quantitative estimate of drug-likeness (QED) is 0.245. The Hall–Kier alpha value is -3.14. The van der Waals surface area contributed by atoms with E-state index < -0.39 is 34.3 Å². The van der Waals surface area contributed by atoms with Gasteiger partial charge in [0.25, 0.3) is 10.0 Å². The molecule has 3 aromatic carbocycles. The van der Waals surface area contributed by atoms with Crippen molar-refractivity contribution in [3.05, 3.63) is 93.7 Å². The summed E-state index contributed by atoms with van der Waals surface area (Å²) in [5.41, 5.74) is 1.53. The first-order valence-electron chi connectivity index (χ1n) is 14.4. The maximum atomic E-state index is 14.2. The number of halogens is 3. The van der Waals surface area contributed by atoms with E-state index in [0.29, 0.717) is 15.6 Å². The van der Waals surface area contributed by atoms with Crippen molar-refractivity contribution in [3.63, 3.8) is 0 Å². The molecule has 0 unspecified atom stereocenters. The number of hydrogen-bond acceptors (Lipinski definition) is 4. The Morgan fingerprint density at radius 3 is 2.23 bits per heavy atom. The number of nitrogens with zero attached hydrogens (tertiary/aromatic N) is 2. The zero-order valence-electron chi connectivity index (χ0n) is 24.2. The number of amides is 2. The minimum Gasteiger partial charge on any atom is -0.352 e. The predicted octanol–water partition coefficient (Wildman–Crippen LogP) is 6.89. The van der Waals surface area contributed by atoms with Gasteiger partial charge >= 0.3 is 0 Å². The molecule has 1 saturated carbocycles. The maximum absolute atomic E-state index is 14.2. The highest BCUT2D eigenvalue weighted by Crippen LogP contribution is 2.27. The van der Waals surface area contributed by atoms with Crippen molar-refractivity contribution in [2.45, 2.75) is 75.9 Å². The highest BCUT2D eigenvalue weighted by atomic mass is 35.5. The molecule has 1 aliphatic carbocycles. The van der Waals surface area contributed by atoms with Crippen molar-refractivity contribution in [3.8, 4) is 0 Å². The van der Waals surface area contributed by atoms with Crippen LogP contribution in [0.25, 0.3) is 0 Å². The van der Waals surface area contributed by atoms with E-state index in [1.165, 1.54) is 29.2 Å². The van der Waals surface area contributed by atoms with Gasteiger partial charge in [0.2, 0.25) is 11.8 Å². The monoisotopic (exact) mass is 647 g/mol. The van der Waals surface area contributed by atoms with E-state index in [9.17, 15) is 22.4 Å². The smallest absolute Gasteiger partial charge is 0.264 e. The van der Waals surface area contributed by atoms with Crippen molar-refractivity contribution in [1.82, 2.24) is 10.2 Å². The summed E-state index contributed by atoms with van der Waals surface area (Å²) >= 11 is 12.6. The molecule has 7 nitrogen and oxygen atoms in total. The largest absolute Gasteiger partial charge is 0.352 e. The number of hydrogen-bond donors (Lipinski definition) is 1. The Kier molecular flexibility index (Phi) is 11.1. The Morgan fingerprint density at radius 2 is 1.63 bits per heavy atom. The molecule has 3 aromatic rings. The summed E-state index contributed by atoms with van der Waals surface area (Å²) in [6, 6.07) is 15.1. The van der Waals surface area contributed by atoms with Gasteiger partial charge in [-0.1, -0.05) is 73.2 Å². The Balaban J connectivity index is 1.72. The van der Waals surface area contributed by atoms with Crippen molar-refractivity contribution in [2.24, 2.45) is 0 Å². The van der Waals surface area contributed by atoms with E-state index in [1.807, 2.05) is 6.92 Å². The molecule has 4 rings (SSSR count). The molecule has 0 heterocycles. The van der Waals surface area contributed by atoms with Gasteiger partial charge in [0.05, 0.1) is 10.6 Å². The van der Waals surface area contributed by atoms with Crippen molar-refractivity contribution < 1.29 is 22.4 Å². The Morgan fingerprint density at radius 1 is 0.977 bits per heavy atom. The highest BCUT2D eigenvalue weighted by molar-refractivity contribution is 7.92. The zero-order chi connectivity index (χ0) is 31.1. The average Bonchev–Trinajstić information content (AvgIpc) is 2.98. The molecule has 0 saturated heterocycles. The van der Waals surface area contributed by atoms with Gasteiger partial charge in [0.15, 0.2) is 0 Å². The van der Waals surface area contributed by atoms with E-state index in [2.05, 4.69) is 5.32 Å². The van der Waals surface area contributed by atoms with Crippen molar-refractivity contribution >= 4 is 50.7 Å². The molecular formula is C32H36Cl2FN3O4S. The minimum atomic E-state index is -4.25. The van der Waals surface area contributed by atoms with Gasteiger partial charge in [0.1, 0.15) is 18.4 Å². The van der Waals surface area contributed by atoms with Gasteiger partial charge in [-0.25, -0.2) is 12.8 Å². The molecule has 11 heteroatoms.